The van der Waals surface area contributed by atoms with Crippen molar-refractivity contribution < 1.29 is 4.79 Å². The fourth-order valence-electron chi connectivity index (χ4n) is 3.32. The van der Waals surface area contributed by atoms with Crippen LogP contribution in [0.3, 0.4) is 0 Å². The molecule has 2 heterocycles. The zero-order chi connectivity index (χ0) is 18.1. The molecule has 5 nitrogen and oxygen atoms in total. The summed E-state index contributed by atoms with van der Waals surface area (Å²) in [7, 11) is 1.65. The molecule has 0 bridgehead atoms. The predicted molar refractivity (Wildman–Crippen MR) is 101 cm³/mol. The van der Waals surface area contributed by atoms with Gasteiger partial charge in [0.1, 0.15) is 0 Å². The number of pyridine rings is 1. The molecule has 1 aliphatic rings. The minimum absolute atomic E-state index is 0.162. The first-order valence-corrected chi connectivity index (χ1v) is 8.33. The van der Waals surface area contributed by atoms with Crippen molar-refractivity contribution in [1.82, 2.24) is 9.88 Å². The lowest BCUT2D eigenvalue weighted by molar-refractivity contribution is -0.129. The van der Waals surface area contributed by atoms with E-state index in [0.29, 0.717) is 0 Å². The van der Waals surface area contributed by atoms with Crippen LogP contribution in [0.15, 0.2) is 84.1 Å². The Morgan fingerprint density at radius 1 is 0.923 bits per heavy atom. The van der Waals surface area contributed by atoms with E-state index in [1.165, 1.54) is 4.90 Å². The summed E-state index contributed by atoms with van der Waals surface area (Å²) in [5.41, 5.74) is 8.37. The van der Waals surface area contributed by atoms with E-state index >= 15 is 0 Å². The van der Waals surface area contributed by atoms with E-state index in [2.05, 4.69) is 9.98 Å². The van der Waals surface area contributed by atoms with Gasteiger partial charge in [0.2, 0.25) is 0 Å². The quantitative estimate of drug-likeness (QED) is 0.795. The van der Waals surface area contributed by atoms with E-state index in [4.69, 9.17) is 5.73 Å². The number of amides is 1. The minimum Gasteiger partial charge on any atom is -0.369 e. The monoisotopic (exact) mass is 342 g/mol. The van der Waals surface area contributed by atoms with Gasteiger partial charge in [-0.1, -0.05) is 54.6 Å². The largest absolute Gasteiger partial charge is 0.369 e. The minimum atomic E-state index is -1.17. The van der Waals surface area contributed by atoms with Gasteiger partial charge in [0.05, 0.1) is 0 Å². The Morgan fingerprint density at radius 2 is 1.65 bits per heavy atom. The molecule has 1 aliphatic heterocycles. The van der Waals surface area contributed by atoms with Crippen LogP contribution in [0.1, 0.15) is 11.1 Å². The molecule has 2 aromatic carbocycles. The predicted octanol–water partition coefficient (Wildman–Crippen LogP) is 2.78. The standard InChI is InChI=1S/C21H18N4O/c1-25-19(26)21(24-20(25)22,17-9-3-2-4-10-17)18-11-5-7-15(13-18)16-8-6-12-23-14-16/h2-14H,1H3,(H2,22,24)/t21-/m0/s1. The fourth-order valence-corrected chi connectivity index (χ4v) is 3.32. The van der Waals surface area contributed by atoms with Gasteiger partial charge in [-0.25, -0.2) is 4.99 Å². The molecule has 128 valence electrons. The molecular formula is C21H18N4O. The topological polar surface area (TPSA) is 71.6 Å². The van der Waals surface area contributed by atoms with Crippen LogP contribution >= 0.6 is 0 Å². The Bertz CT molecular complexity index is 985. The second-order valence-corrected chi connectivity index (χ2v) is 6.23. The summed E-state index contributed by atoms with van der Waals surface area (Å²) in [6.45, 7) is 0. The van der Waals surface area contributed by atoms with Crippen LogP contribution in [-0.2, 0) is 10.3 Å². The highest BCUT2D eigenvalue weighted by Crippen LogP contribution is 2.40. The summed E-state index contributed by atoms with van der Waals surface area (Å²) in [5, 5.41) is 0. The number of aliphatic imine (C=N–C) groups is 1. The highest BCUT2D eigenvalue weighted by Gasteiger charge is 2.49. The van der Waals surface area contributed by atoms with Crippen molar-refractivity contribution in [2.45, 2.75) is 5.54 Å². The average Bonchev–Trinajstić information content (AvgIpc) is 2.94. The van der Waals surface area contributed by atoms with E-state index in [9.17, 15) is 4.79 Å². The zero-order valence-corrected chi connectivity index (χ0v) is 14.3. The summed E-state index contributed by atoms with van der Waals surface area (Å²) >= 11 is 0. The average molecular weight is 342 g/mol. The molecule has 2 N–H and O–H groups in total. The van der Waals surface area contributed by atoms with Crippen LogP contribution in [0.4, 0.5) is 0 Å². The van der Waals surface area contributed by atoms with Crippen LogP contribution in [-0.4, -0.2) is 28.8 Å². The highest BCUT2D eigenvalue weighted by molar-refractivity contribution is 6.09. The smallest absolute Gasteiger partial charge is 0.266 e. The number of carbonyl (C=O) groups is 1. The lowest BCUT2D eigenvalue weighted by Gasteiger charge is -2.26. The normalized spacial score (nSPS) is 19.5. The molecule has 0 spiro atoms. The van der Waals surface area contributed by atoms with Gasteiger partial charge in [-0.2, -0.15) is 0 Å². The molecular weight excluding hydrogens is 324 g/mol. The van der Waals surface area contributed by atoms with Crippen molar-refractivity contribution in [3.63, 3.8) is 0 Å². The Labute approximate surface area is 151 Å². The van der Waals surface area contributed by atoms with E-state index in [0.717, 1.165) is 22.3 Å². The van der Waals surface area contributed by atoms with E-state index in [-0.39, 0.29) is 11.9 Å². The number of hydrogen-bond donors (Lipinski definition) is 1. The second-order valence-electron chi connectivity index (χ2n) is 6.23. The Kier molecular flexibility index (Phi) is 3.77. The summed E-state index contributed by atoms with van der Waals surface area (Å²) in [4.78, 5) is 23.4. The van der Waals surface area contributed by atoms with Gasteiger partial charge in [0.25, 0.3) is 5.91 Å². The number of aromatic nitrogens is 1. The van der Waals surface area contributed by atoms with Crippen molar-refractivity contribution >= 4 is 11.9 Å². The maximum absolute atomic E-state index is 13.2. The first-order chi connectivity index (χ1) is 12.6. The van der Waals surface area contributed by atoms with E-state index in [1.807, 2.05) is 66.7 Å². The van der Waals surface area contributed by atoms with Crippen molar-refractivity contribution in [2.75, 3.05) is 7.05 Å². The summed E-state index contributed by atoms with van der Waals surface area (Å²) in [6.07, 6.45) is 3.54. The lowest BCUT2D eigenvalue weighted by atomic mass is 9.82. The number of hydrogen-bond acceptors (Lipinski definition) is 4. The van der Waals surface area contributed by atoms with Gasteiger partial charge < -0.3 is 5.73 Å². The Morgan fingerprint density at radius 3 is 2.31 bits per heavy atom. The van der Waals surface area contributed by atoms with Crippen LogP contribution in [0.5, 0.6) is 0 Å². The van der Waals surface area contributed by atoms with Crippen LogP contribution in [0.2, 0.25) is 0 Å². The third-order valence-corrected chi connectivity index (χ3v) is 4.71. The van der Waals surface area contributed by atoms with Crippen LogP contribution in [0.25, 0.3) is 11.1 Å². The summed E-state index contributed by atoms with van der Waals surface area (Å²) in [6, 6.07) is 21.2. The molecule has 3 aromatic rings. The molecule has 0 saturated heterocycles. The van der Waals surface area contributed by atoms with Gasteiger partial charge in [-0.05, 0) is 34.4 Å². The van der Waals surface area contributed by atoms with Gasteiger partial charge in [0, 0.05) is 19.4 Å². The van der Waals surface area contributed by atoms with Gasteiger partial charge in [-0.3, -0.25) is 14.7 Å². The zero-order valence-electron chi connectivity index (χ0n) is 14.3. The van der Waals surface area contributed by atoms with E-state index < -0.39 is 5.54 Å². The van der Waals surface area contributed by atoms with E-state index in [1.54, 1.807) is 19.4 Å². The molecule has 5 heteroatoms. The van der Waals surface area contributed by atoms with Crippen LogP contribution in [0, 0.1) is 0 Å². The first kappa shape index (κ1) is 16.0. The molecule has 1 atom stereocenters. The SMILES string of the molecule is CN1C(=O)[C@](c2ccccc2)(c2cccc(-c3cccnc3)c2)N=C1N. The van der Waals surface area contributed by atoms with Gasteiger partial charge >= 0.3 is 0 Å². The molecule has 0 fully saturated rings. The fraction of sp³-hybridized carbons (Fsp3) is 0.0952. The van der Waals surface area contributed by atoms with Crippen molar-refractivity contribution in [3.05, 3.63) is 90.3 Å². The van der Waals surface area contributed by atoms with Gasteiger partial charge in [0.15, 0.2) is 11.5 Å². The second kappa shape index (κ2) is 6.11. The Balaban J connectivity index is 1.94. The Hall–Kier alpha value is -3.47. The maximum atomic E-state index is 13.2. The van der Waals surface area contributed by atoms with Crippen molar-refractivity contribution in [1.29, 1.82) is 0 Å². The van der Waals surface area contributed by atoms with Gasteiger partial charge in [-0.15, -0.1) is 0 Å². The lowest BCUT2D eigenvalue weighted by Crippen LogP contribution is -2.41. The third-order valence-electron chi connectivity index (χ3n) is 4.71. The number of rotatable bonds is 3. The molecule has 1 aromatic heterocycles. The molecule has 0 saturated carbocycles. The molecule has 1 amide bonds. The number of nitrogens with zero attached hydrogens (tertiary/aromatic N) is 3. The number of carbonyl (C=O) groups excluding carboxylic acids is 1. The number of benzene rings is 2. The van der Waals surface area contributed by atoms with Crippen molar-refractivity contribution in [2.24, 2.45) is 10.7 Å². The number of guanidine groups is 1. The molecule has 0 radical (unpaired) electrons. The summed E-state index contributed by atoms with van der Waals surface area (Å²) in [5.74, 6) is 0.0511. The number of nitrogens with two attached hydrogens (primary N) is 1. The number of likely N-dealkylation sites (N-methyl/N-ethyl adjacent to an activating group) is 1. The molecule has 0 unspecified atom stereocenters. The van der Waals surface area contributed by atoms with Crippen LogP contribution < -0.4 is 5.73 Å². The summed E-state index contributed by atoms with van der Waals surface area (Å²) < 4.78 is 0. The van der Waals surface area contributed by atoms with Crippen molar-refractivity contribution in [3.8, 4) is 11.1 Å². The molecule has 0 aliphatic carbocycles. The molecule has 26 heavy (non-hydrogen) atoms. The third kappa shape index (κ3) is 2.37. The highest BCUT2D eigenvalue weighted by atomic mass is 16.2. The maximum Gasteiger partial charge on any atom is 0.266 e. The molecule has 4 rings (SSSR count). The first-order valence-electron chi connectivity index (χ1n) is 8.33.